The van der Waals surface area contributed by atoms with E-state index >= 15 is 0 Å². The third kappa shape index (κ3) is 5.15. The van der Waals surface area contributed by atoms with E-state index in [1.54, 1.807) is 23.1 Å². The third-order valence-corrected chi connectivity index (χ3v) is 4.96. The van der Waals surface area contributed by atoms with Crippen molar-refractivity contribution in [3.8, 4) is 0 Å². The Kier molecular flexibility index (Phi) is 6.40. The monoisotopic (exact) mass is 422 g/mol. The molecule has 1 amide bonds. The van der Waals surface area contributed by atoms with E-state index < -0.39 is 18.1 Å². The molecular formula is C21H22F4N4O. The van der Waals surface area contributed by atoms with Crippen LogP contribution in [0.2, 0.25) is 0 Å². The number of hydrogen-bond acceptors (Lipinski definition) is 4. The van der Waals surface area contributed by atoms with Gasteiger partial charge in [0, 0.05) is 37.4 Å². The van der Waals surface area contributed by atoms with Gasteiger partial charge in [-0.15, -0.1) is 0 Å². The van der Waals surface area contributed by atoms with Crippen LogP contribution >= 0.6 is 0 Å². The summed E-state index contributed by atoms with van der Waals surface area (Å²) in [5, 5.41) is 0. The second-order valence-corrected chi connectivity index (χ2v) is 7.04. The second kappa shape index (κ2) is 8.83. The number of nitrogens with two attached hydrogens (primary N) is 1. The number of carbonyl (C=O) groups excluding carboxylic acids is 1. The number of rotatable bonds is 4. The molecule has 0 radical (unpaired) electrons. The van der Waals surface area contributed by atoms with Crippen LogP contribution < -0.4 is 10.6 Å². The molecule has 2 aromatic rings. The molecule has 1 saturated heterocycles. The number of hydrogen-bond donors (Lipinski definition) is 1. The molecule has 30 heavy (non-hydrogen) atoms. The molecule has 1 aliphatic heterocycles. The van der Waals surface area contributed by atoms with Gasteiger partial charge >= 0.3 is 6.18 Å². The van der Waals surface area contributed by atoms with E-state index in [-0.39, 0.29) is 11.7 Å². The lowest BCUT2D eigenvalue weighted by atomic mass is 10.1. The number of anilines is 1. The first-order valence-corrected chi connectivity index (χ1v) is 9.42. The van der Waals surface area contributed by atoms with Gasteiger partial charge in [-0.3, -0.25) is 9.79 Å². The van der Waals surface area contributed by atoms with Crippen LogP contribution in [0.3, 0.4) is 0 Å². The quantitative estimate of drug-likeness (QED) is 0.603. The van der Waals surface area contributed by atoms with Crippen LogP contribution in [-0.2, 0) is 0 Å². The fourth-order valence-corrected chi connectivity index (χ4v) is 3.24. The molecule has 1 unspecified atom stereocenters. The molecule has 2 N–H and O–H groups in total. The summed E-state index contributed by atoms with van der Waals surface area (Å²) >= 11 is 0. The number of aliphatic imine (C=N–C) groups is 1. The fourth-order valence-electron chi connectivity index (χ4n) is 3.24. The van der Waals surface area contributed by atoms with Crippen LogP contribution in [0, 0.1) is 5.82 Å². The summed E-state index contributed by atoms with van der Waals surface area (Å²) in [6.45, 7) is 2.83. The van der Waals surface area contributed by atoms with E-state index in [9.17, 15) is 22.4 Å². The zero-order valence-corrected chi connectivity index (χ0v) is 16.4. The van der Waals surface area contributed by atoms with Crippen molar-refractivity contribution in [2.45, 2.75) is 19.3 Å². The van der Waals surface area contributed by atoms with Crippen molar-refractivity contribution in [2.75, 3.05) is 31.1 Å². The third-order valence-electron chi connectivity index (χ3n) is 4.96. The smallest absolute Gasteiger partial charge is 0.368 e. The van der Waals surface area contributed by atoms with Crippen LogP contribution in [0.4, 0.5) is 23.2 Å². The maximum atomic E-state index is 13.4. The normalized spacial score (nSPS) is 16.5. The van der Waals surface area contributed by atoms with Gasteiger partial charge in [0.15, 0.2) is 0 Å². The van der Waals surface area contributed by atoms with Crippen LogP contribution in [0.1, 0.15) is 29.0 Å². The summed E-state index contributed by atoms with van der Waals surface area (Å²) < 4.78 is 51.5. The van der Waals surface area contributed by atoms with Gasteiger partial charge in [0.2, 0.25) is 0 Å². The van der Waals surface area contributed by atoms with Crippen molar-refractivity contribution in [3.05, 3.63) is 65.5 Å². The highest BCUT2D eigenvalue weighted by molar-refractivity contribution is 5.94. The molecule has 9 heteroatoms. The Morgan fingerprint density at radius 3 is 2.37 bits per heavy atom. The average Bonchev–Trinajstić information content (AvgIpc) is 2.72. The zero-order valence-electron chi connectivity index (χ0n) is 16.4. The minimum Gasteiger partial charge on any atom is -0.368 e. The van der Waals surface area contributed by atoms with E-state index in [1.807, 2.05) is 11.0 Å². The molecule has 3 rings (SSSR count). The Hall–Kier alpha value is -2.94. The summed E-state index contributed by atoms with van der Waals surface area (Å²) in [4.78, 5) is 20.0. The summed E-state index contributed by atoms with van der Waals surface area (Å²) in [5.74, 6) is -0.554. The number of nitrogens with zero attached hydrogens (tertiary/aromatic N) is 3. The van der Waals surface area contributed by atoms with E-state index in [2.05, 4.69) is 4.99 Å². The van der Waals surface area contributed by atoms with Crippen molar-refractivity contribution in [1.29, 1.82) is 0 Å². The maximum Gasteiger partial charge on any atom is 0.428 e. The van der Waals surface area contributed by atoms with Crippen LogP contribution in [0.25, 0.3) is 0 Å². The Balaban J connectivity index is 1.67. The van der Waals surface area contributed by atoms with Crippen molar-refractivity contribution >= 4 is 17.3 Å². The topological polar surface area (TPSA) is 61.9 Å². The first-order valence-electron chi connectivity index (χ1n) is 9.42. The largest absolute Gasteiger partial charge is 0.428 e. The van der Waals surface area contributed by atoms with E-state index in [0.29, 0.717) is 37.3 Å². The maximum absolute atomic E-state index is 13.4. The number of alkyl halides is 3. The predicted molar refractivity (Wildman–Crippen MR) is 107 cm³/mol. The minimum atomic E-state index is -4.55. The molecule has 0 spiro atoms. The molecule has 1 heterocycles. The molecule has 0 bridgehead atoms. The molecule has 0 aliphatic carbocycles. The molecule has 1 aliphatic rings. The Bertz CT molecular complexity index is 937. The molecule has 1 atom stereocenters. The average molecular weight is 422 g/mol. The predicted octanol–water partition coefficient (Wildman–Crippen LogP) is 3.77. The molecule has 160 valence electrons. The Morgan fingerprint density at radius 1 is 1.07 bits per heavy atom. The minimum absolute atomic E-state index is 0.237. The standard InChI is InChI=1S/C21H22F4N4O/c1-14(21(23,24)25)27-19(26)15-4-2-5-16(12-15)20(30)29-10-8-28(9-11-29)18-7-3-6-17(22)13-18/h2-7,12-13,19H,8-11,26H2,1H3/b27-14+. The number of amides is 1. The molecule has 1 fully saturated rings. The van der Waals surface area contributed by atoms with E-state index in [0.717, 1.165) is 12.6 Å². The molecule has 0 saturated carbocycles. The van der Waals surface area contributed by atoms with Gasteiger partial charge in [0.25, 0.3) is 5.91 Å². The van der Waals surface area contributed by atoms with Crippen LogP contribution in [-0.4, -0.2) is 48.9 Å². The lowest BCUT2D eigenvalue weighted by molar-refractivity contribution is -0.0596. The van der Waals surface area contributed by atoms with E-state index in [4.69, 9.17) is 5.73 Å². The van der Waals surface area contributed by atoms with Crippen molar-refractivity contribution in [1.82, 2.24) is 4.90 Å². The number of benzene rings is 2. The molecule has 5 nitrogen and oxygen atoms in total. The number of carbonyl (C=O) groups is 1. The molecule has 2 aromatic carbocycles. The summed E-state index contributed by atoms with van der Waals surface area (Å²) in [5.41, 5.74) is 6.17. The Morgan fingerprint density at radius 2 is 1.73 bits per heavy atom. The van der Waals surface area contributed by atoms with Gasteiger partial charge in [-0.25, -0.2) is 4.39 Å². The first kappa shape index (κ1) is 21.8. The van der Waals surface area contributed by atoms with Gasteiger partial charge in [-0.05, 0) is 42.8 Å². The lowest BCUT2D eigenvalue weighted by Crippen LogP contribution is -2.48. The highest BCUT2D eigenvalue weighted by Crippen LogP contribution is 2.22. The SMILES string of the molecule is C/C(=N\C(N)c1cccc(C(=O)N2CCN(c3cccc(F)c3)CC2)c1)C(F)(F)F. The summed E-state index contributed by atoms with van der Waals surface area (Å²) in [6.07, 6.45) is -5.77. The first-order chi connectivity index (χ1) is 14.1. The lowest BCUT2D eigenvalue weighted by Gasteiger charge is -2.36. The van der Waals surface area contributed by atoms with E-state index in [1.165, 1.54) is 24.3 Å². The van der Waals surface area contributed by atoms with Crippen LogP contribution in [0.15, 0.2) is 53.5 Å². The zero-order chi connectivity index (χ0) is 21.9. The van der Waals surface area contributed by atoms with Crippen LogP contribution in [0.5, 0.6) is 0 Å². The van der Waals surface area contributed by atoms with Gasteiger partial charge < -0.3 is 15.5 Å². The van der Waals surface area contributed by atoms with Crippen molar-refractivity contribution in [2.24, 2.45) is 10.7 Å². The van der Waals surface area contributed by atoms with Gasteiger partial charge in [0.1, 0.15) is 17.7 Å². The van der Waals surface area contributed by atoms with Crippen molar-refractivity contribution < 1.29 is 22.4 Å². The number of halogens is 4. The highest BCUT2D eigenvalue weighted by Gasteiger charge is 2.32. The molecular weight excluding hydrogens is 400 g/mol. The number of piperazine rings is 1. The molecule has 0 aromatic heterocycles. The van der Waals surface area contributed by atoms with Crippen molar-refractivity contribution in [3.63, 3.8) is 0 Å². The second-order valence-electron chi connectivity index (χ2n) is 7.04. The van der Waals surface area contributed by atoms with Gasteiger partial charge in [-0.2, -0.15) is 13.2 Å². The highest BCUT2D eigenvalue weighted by atomic mass is 19.4. The summed E-state index contributed by atoms with van der Waals surface area (Å²) in [7, 11) is 0. The van der Waals surface area contributed by atoms with Gasteiger partial charge in [0.05, 0.1) is 0 Å². The fraction of sp³-hybridized carbons (Fsp3) is 0.333. The summed E-state index contributed by atoms with van der Waals surface area (Å²) in [6, 6.07) is 12.5. The Labute approximate surface area is 171 Å². The van der Waals surface area contributed by atoms with Gasteiger partial charge in [-0.1, -0.05) is 18.2 Å².